The lowest BCUT2D eigenvalue weighted by Crippen LogP contribution is -1.96. The number of hydrogen-bond acceptors (Lipinski definition) is 3. The van der Waals surface area contributed by atoms with Gasteiger partial charge in [0.15, 0.2) is 11.4 Å². The summed E-state index contributed by atoms with van der Waals surface area (Å²) in [5.74, 6) is 0.0584. The standard InChI is InChI=1S/C7H9N3O2/c1-10(12)9-8-6-4-2-3-5-7(6)11/h2-5,8,11H,1H3/b10-9-. The minimum absolute atomic E-state index is 0.0584. The number of nitrogens with zero attached hydrogens (tertiary/aromatic N) is 2. The zero-order valence-electron chi connectivity index (χ0n) is 6.56. The molecular formula is C7H9N3O2. The number of phenols is 1. The molecule has 12 heavy (non-hydrogen) atoms. The summed E-state index contributed by atoms with van der Waals surface area (Å²) in [6.07, 6.45) is 0. The number of anilines is 1. The molecule has 0 fully saturated rings. The summed E-state index contributed by atoms with van der Waals surface area (Å²) in [4.78, 5) is 0.367. The van der Waals surface area contributed by atoms with Crippen molar-refractivity contribution in [1.29, 1.82) is 0 Å². The Labute approximate surface area is 69.5 Å². The molecule has 1 aromatic rings. The molecule has 0 aliphatic carbocycles. The minimum Gasteiger partial charge on any atom is -0.696 e. The summed E-state index contributed by atoms with van der Waals surface area (Å²) in [6, 6.07) is 6.52. The van der Waals surface area contributed by atoms with E-state index < -0.39 is 0 Å². The van der Waals surface area contributed by atoms with Gasteiger partial charge in [0.05, 0.1) is 5.22 Å². The van der Waals surface area contributed by atoms with E-state index in [1.54, 1.807) is 18.2 Å². The van der Waals surface area contributed by atoms with Crippen LogP contribution in [0.5, 0.6) is 5.75 Å². The van der Waals surface area contributed by atoms with E-state index in [-0.39, 0.29) is 5.75 Å². The molecule has 0 aliphatic heterocycles. The van der Waals surface area contributed by atoms with Crippen molar-refractivity contribution in [2.75, 3.05) is 12.5 Å². The number of hydroxylamine groups is 1. The van der Waals surface area contributed by atoms with Crippen LogP contribution in [0, 0.1) is 5.21 Å². The average molecular weight is 167 g/mol. The van der Waals surface area contributed by atoms with E-state index in [1.165, 1.54) is 13.1 Å². The predicted octanol–water partition coefficient (Wildman–Crippen LogP) is 1.31. The topological polar surface area (TPSA) is 70.7 Å². The Morgan fingerprint density at radius 1 is 1.50 bits per heavy atom. The highest BCUT2D eigenvalue weighted by Gasteiger charge is 2.00. The van der Waals surface area contributed by atoms with Crippen LogP contribution in [0.1, 0.15) is 0 Å². The lowest BCUT2D eigenvalue weighted by Gasteiger charge is -1.98. The van der Waals surface area contributed by atoms with Crippen molar-refractivity contribution in [3.63, 3.8) is 0 Å². The fourth-order valence-electron chi connectivity index (χ4n) is 0.692. The number of nitrogens with one attached hydrogen (secondary N) is 1. The first-order chi connectivity index (χ1) is 5.70. The minimum atomic E-state index is 0.0584. The molecule has 0 amide bonds. The van der Waals surface area contributed by atoms with Crippen LogP contribution in [-0.4, -0.2) is 17.0 Å². The van der Waals surface area contributed by atoms with E-state index in [1.807, 2.05) is 0 Å². The van der Waals surface area contributed by atoms with Crippen LogP contribution in [0.3, 0.4) is 0 Å². The van der Waals surface area contributed by atoms with Crippen LogP contribution in [0.2, 0.25) is 0 Å². The van der Waals surface area contributed by atoms with Gasteiger partial charge in [0, 0.05) is 0 Å². The van der Waals surface area contributed by atoms with Crippen molar-refractivity contribution in [3.05, 3.63) is 29.5 Å². The maximum absolute atomic E-state index is 10.3. The van der Waals surface area contributed by atoms with E-state index >= 15 is 0 Å². The lowest BCUT2D eigenvalue weighted by atomic mass is 10.3. The van der Waals surface area contributed by atoms with Gasteiger partial charge in [0.25, 0.3) is 0 Å². The Morgan fingerprint density at radius 3 is 2.75 bits per heavy atom. The fourth-order valence-corrected chi connectivity index (χ4v) is 0.692. The summed E-state index contributed by atoms with van der Waals surface area (Å²) in [7, 11) is 1.24. The molecule has 0 bridgehead atoms. The Morgan fingerprint density at radius 2 is 2.17 bits per heavy atom. The third-order valence-corrected chi connectivity index (χ3v) is 1.22. The lowest BCUT2D eigenvalue weighted by molar-refractivity contribution is -0.497. The van der Waals surface area contributed by atoms with Crippen molar-refractivity contribution in [2.45, 2.75) is 0 Å². The number of benzene rings is 1. The van der Waals surface area contributed by atoms with E-state index in [0.29, 0.717) is 10.5 Å². The summed E-state index contributed by atoms with van der Waals surface area (Å²) in [6.45, 7) is 0. The van der Waals surface area contributed by atoms with E-state index in [2.05, 4.69) is 10.6 Å². The van der Waals surface area contributed by atoms with Gasteiger partial charge in [-0.2, -0.15) is 4.86 Å². The van der Waals surface area contributed by atoms with Crippen molar-refractivity contribution in [2.24, 2.45) is 5.22 Å². The van der Waals surface area contributed by atoms with Gasteiger partial charge in [0.1, 0.15) is 7.05 Å². The molecule has 0 heterocycles. The maximum atomic E-state index is 10.3. The zero-order valence-corrected chi connectivity index (χ0v) is 6.56. The first kappa shape index (κ1) is 8.32. The van der Waals surface area contributed by atoms with Crippen LogP contribution < -0.4 is 5.43 Å². The van der Waals surface area contributed by atoms with Gasteiger partial charge in [0.2, 0.25) is 0 Å². The number of phenolic OH excluding ortho intramolecular Hbond substituents is 1. The van der Waals surface area contributed by atoms with E-state index in [0.717, 1.165) is 0 Å². The van der Waals surface area contributed by atoms with Gasteiger partial charge < -0.3 is 10.3 Å². The molecular weight excluding hydrogens is 158 g/mol. The molecule has 0 radical (unpaired) electrons. The van der Waals surface area contributed by atoms with Crippen LogP contribution in [0.25, 0.3) is 0 Å². The Balaban J connectivity index is 2.76. The highest BCUT2D eigenvalue weighted by molar-refractivity contribution is 5.54. The van der Waals surface area contributed by atoms with E-state index in [9.17, 15) is 10.3 Å². The second-order valence-electron chi connectivity index (χ2n) is 2.19. The number of hydrogen-bond donors (Lipinski definition) is 2. The highest BCUT2D eigenvalue weighted by atomic mass is 16.5. The summed E-state index contributed by atoms with van der Waals surface area (Å²) < 4.78 is 0. The second-order valence-corrected chi connectivity index (χ2v) is 2.19. The third-order valence-electron chi connectivity index (χ3n) is 1.22. The second kappa shape index (κ2) is 3.56. The molecule has 0 saturated heterocycles. The Hall–Kier alpha value is -1.78. The van der Waals surface area contributed by atoms with Crippen molar-refractivity contribution in [3.8, 4) is 5.75 Å². The molecule has 2 N–H and O–H groups in total. The van der Waals surface area contributed by atoms with Crippen LogP contribution in [-0.2, 0) is 0 Å². The van der Waals surface area contributed by atoms with Crippen molar-refractivity contribution >= 4 is 5.69 Å². The smallest absolute Gasteiger partial charge is 0.188 e. The Kier molecular flexibility index (Phi) is 2.47. The maximum Gasteiger partial charge on any atom is 0.188 e. The summed E-state index contributed by atoms with van der Waals surface area (Å²) in [5, 5.41) is 22.8. The zero-order chi connectivity index (χ0) is 8.97. The third kappa shape index (κ3) is 2.12. The van der Waals surface area contributed by atoms with Crippen LogP contribution >= 0.6 is 0 Å². The molecule has 0 aliphatic rings. The highest BCUT2D eigenvalue weighted by Crippen LogP contribution is 2.20. The van der Waals surface area contributed by atoms with Gasteiger partial charge in [-0.25, -0.2) is 0 Å². The summed E-state index contributed by atoms with van der Waals surface area (Å²) in [5.41, 5.74) is 2.80. The van der Waals surface area contributed by atoms with Gasteiger partial charge in [-0.05, 0) is 12.1 Å². The number of rotatable bonds is 2. The van der Waals surface area contributed by atoms with Crippen LogP contribution in [0.15, 0.2) is 29.5 Å². The van der Waals surface area contributed by atoms with Gasteiger partial charge >= 0.3 is 0 Å². The normalized spacial score (nSPS) is 11.2. The van der Waals surface area contributed by atoms with Crippen molar-refractivity contribution in [1.82, 2.24) is 0 Å². The monoisotopic (exact) mass is 167 g/mol. The van der Waals surface area contributed by atoms with Crippen LogP contribution in [0.4, 0.5) is 5.69 Å². The van der Waals surface area contributed by atoms with Gasteiger partial charge in [-0.15, -0.1) is 5.43 Å². The summed E-state index contributed by atoms with van der Waals surface area (Å²) >= 11 is 0. The molecule has 0 atom stereocenters. The van der Waals surface area contributed by atoms with E-state index in [4.69, 9.17) is 0 Å². The quantitative estimate of drug-likeness (QED) is 0.302. The van der Waals surface area contributed by atoms with Crippen molar-refractivity contribution < 1.29 is 9.97 Å². The molecule has 0 saturated carbocycles. The first-order valence-electron chi connectivity index (χ1n) is 3.35. The fraction of sp³-hybridized carbons (Fsp3) is 0.143. The first-order valence-corrected chi connectivity index (χ1v) is 3.35. The molecule has 0 spiro atoms. The van der Waals surface area contributed by atoms with Gasteiger partial charge in [-0.1, -0.05) is 12.1 Å². The molecule has 0 unspecified atom stereocenters. The predicted molar refractivity (Wildman–Crippen MR) is 43.7 cm³/mol. The molecule has 5 nitrogen and oxygen atoms in total. The molecule has 0 aromatic heterocycles. The average Bonchev–Trinajstić information content (AvgIpc) is 2.03. The van der Waals surface area contributed by atoms with Gasteiger partial charge in [-0.3, -0.25) is 0 Å². The molecule has 64 valence electrons. The SMILES string of the molecule is C/[N+]([O-])=N/Nc1ccccc1O. The largest absolute Gasteiger partial charge is 0.696 e. The number of aromatic hydroxyl groups is 1. The molecule has 5 heteroatoms. The Bertz CT molecular complexity index is 294. The molecule has 1 rings (SSSR count). The molecule has 1 aromatic carbocycles. The number of para-hydroxylation sites is 2.